The minimum atomic E-state index is -0.180. The molecule has 0 N–H and O–H groups in total. The lowest BCUT2D eigenvalue weighted by molar-refractivity contribution is 0.448. The molecule has 0 saturated heterocycles. The Labute approximate surface area is 69.9 Å². The SMILES string of the molecule is COS(=S)C1CCCCC1. The van der Waals surface area contributed by atoms with Gasteiger partial charge in [-0.15, -0.1) is 0 Å². The van der Waals surface area contributed by atoms with Gasteiger partial charge in [-0.1, -0.05) is 19.3 Å². The van der Waals surface area contributed by atoms with Crippen LogP contribution in [0.1, 0.15) is 32.1 Å². The van der Waals surface area contributed by atoms with Gasteiger partial charge in [0.15, 0.2) is 0 Å². The van der Waals surface area contributed by atoms with Crippen LogP contribution < -0.4 is 0 Å². The molecule has 1 aliphatic carbocycles. The number of rotatable bonds is 2. The molecule has 0 spiro atoms. The molecule has 60 valence electrons. The first-order valence-electron chi connectivity index (χ1n) is 3.79. The first-order chi connectivity index (χ1) is 4.84. The summed E-state index contributed by atoms with van der Waals surface area (Å²) in [6.07, 6.45) is 6.69. The summed E-state index contributed by atoms with van der Waals surface area (Å²) < 4.78 is 5.13. The molecule has 1 rings (SSSR count). The maximum atomic E-state index is 5.16. The van der Waals surface area contributed by atoms with Gasteiger partial charge < -0.3 is 4.18 Å². The second-order valence-corrected chi connectivity index (χ2v) is 5.19. The third kappa shape index (κ3) is 2.29. The summed E-state index contributed by atoms with van der Waals surface area (Å²) in [6, 6.07) is 0. The van der Waals surface area contributed by atoms with E-state index in [9.17, 15) is 0 Å². The van der Waals surface area contributed by atoms with E-state index in [4.69, 9.17) is 15.4 Å². The Kier molecular flexibility index (Phi) is 3.81. The Morgan fingerprint density at radius 1 is 1.30 bits per heavy atom. The summed E-state index contributed by atoms with van der Waals surface area (Å²) >= 11 is 5.16. The van der Waals surface area contributed by atoms with Crippen LogP contribution in [0.4, 0.5) is 0 Å². The van der Waals surface area contributed by atoms with E-state index in [1.807, 2.05) is 0 Å². The molecule has 0 radical (unpaired) electrons. The molecule has 1 atom stereocenters. The van der Waals surface area contributed by atoms with Gasteiger partial charge in [0, 0.05) is 15.0 Å². The van der Waals surface area contributed by atoms with Crippen molar-refractivity contribution in [1.82, 2.24) is 0 Å². The van der Waals surface area contributed by atoms with E-state index in [2.05, 4.69) is 0 Å². The van der Waals surface area contributed by atoms with E-state index < -0.39 is 0 Å². The maximum absolute atomic E-state index is 5.16. The van der Waals surface area contributed by atoms with Gasteiger partial charge >= 0.3 is 0 Å². The van der Waals surface area contributed by atoms with Crippen LogP contribution in [0.25, 0.3) is 0 Å². The molecule has 10 heavy (non-hydrogen) atoms. The lowest BCUT2D eigenvalue weighted by Crippen LogP contribution is -2.18. The van der Waals surface area contributed by atoms with Crippen molar-refractivity contribution in [2.75, 3.05) is 7.11 Å². The van der Waals surface area contributed by atoms with Crippen LogP contribution >= 0.6 is 0 Å². The van der Waals surface area contributed by atoms with Gasteiger partial charge in [0.1, 0.15) is 0 Å². The van der Waals surface area contributed by atoms with Crippen LogP contribution in [-0.4, -0.2) is 12.4 Å². The Morgan fingerprint density at radius 3 is 2.40 bits per heavy atom. The smallest absolute Gasteiger partial charge is 0.0506 e. The monoisotopic (exact) mass is 178 g/mol. The van der Waals surface area contributed by atoms with E-state index in [1.165, 1.54) is 32.1 Å². The fourth-order valence-electron chi connectivity index (χ4n) is 1.39. The average Bonchev–Trinajstić information content (AvgIpc) is 2.05. The molecule has 0 heterocycles. The zero-order valence-electron chi connectivity index (χ0n) is 6.34. The maximum Gasteiger partial charge on any atom is 0.0506 e. The Bertz CT molecular complexity index is 119. The Morgan fingerprint density at radius 2 is 1.90 bits per heavy atom. The summed E-state index contributed by atoms with van der Waals surface area (Å²) in [5.74, 6) is 0. The van der Waals surface area contributed by atoms with Crippen LogP contribution in [0.3, 0.4) is 0 Å². The molecule has 1 saturated carbocycles. The van der Waals surface area contributed by atoms with Crippen LogP contribution in [0.15, 0.2) is 0 Å². The third-order valence-corrected chi connectivity index (χ3v) is 4.56. The van der Waals surface area contributed by atoms with E-state index in [0.29, 0.717) is 5.25 Å². The van der Waals surface area contributed by atoms with Crippen LogP contribution in [0.5, 0.6) is 0 Å². The molecule has 0 bridgehead atoms. The highest BCUT2D eigenvalue weighted by molar-refractivity contribution is 8.26. The zero-order chi connectivity index (χ0) is 7.40. The molecule has 1 fully saturated rings. The minimum Gasteiger partial charge on any atom is -0.315 e. The number of hydrogen-bond donors (Lipinski definition) is 0. The molecule has 3 heteroatoms. The van der Waals surface area contributed by atoms with Crippen molar-refractivity contribution >= 4 is 20.9 Å². The summed E-state index contributed by atoms with van der Waals surface area (Å²) in [4.78, 5) is 0. The normalized spacial score (nSPS) is 24.5. The van der Waals surface area contributed by atoms with Crippen molar-refractivity contribution in [1.29, 1.82) is 0 Å². The van der Waals surface area contributed by atoms with Gasteiger partial charge in [-0.25, -0.2) is 0 Å². The van der Waals surface area contributed by atoms with Crippen molar-refractivity contribution in [3.8, 4) is 0 Å². The minimum absolute atomic E-state index is 0.180. The topological polar surface area (TPSA) is 9.23 Å². The summed E-state index contributed by atoms with van der Waals surface area (Å²) in [6.45, 7) is 0. The molecular formula is C7H14OS2. The Hall–Kier alpha value is 0.530. The van der Waals surface area contributed by atoms with Crippen molar-refractivity contribution in [3.05, 3.63) is 0 Å². The van der Waals surface area contributed by atoms with E-state index in [0.717, 1.165) is 0 Å². The van der Waals surface area contributed by atoms with Gasteiger partial charge in [0.05, 0.1) is 7.11 Å². The molecule has 1 nitrogen and oxygen atoms in total. The standard InChI is InChI=1S/C7H14OS2/c1-8-10(9)7-5-3-2-4-6-7/h7H,2-6H2,1H3. The van der Waals surface area contributed by atoms with Crippen molar-refractivity contribution < 1.29 is 4.18 Å². The van der Waals surface area contributed by atoms with Gasteiger partial charge in [0.25, 0.3) is 0 Å². The first-order valence-corrected chi connectivity index (χ1v) is 5.93. The quantitative estimate of drug-likeness (QED) is 0.639. The summed E-state index contributed by atoms with van der Waals surface area (Å²) in [5.41, 5.74) is 0. The van der Waals surface area contributed by atoms with E-state index in [1.54, 1.807) is 7.11 Å². The third-order valence-electron chi connectivity index (χ3n) is 1.99. The van der Waals surface area contributed by atoms with Crippen molar-refractivity contribution in [3.63, 3.8) is 0 Å². The Balaban J connectivity index is 2.31. The first kappa shape index (κ1) is 8.62. The molecule has 0 aliphatic heterocycles. The van der Waals surface area contributed by atoms with E-state index in [-0.39, 0.29) is 9.74 Å². The fourth-order valence-corrected chi connectivity index (χ4v) is 2.96. The predicted molar refractivity (Wildman–Crippen MR) is 48.6 cm³/mol. The van der Waals surface area contributed by atoms with Crippen LogP contribution in [0.2, 0.25) is 0 Å². The second kappa shape index (κ2) is 4.42. The highest BCUT2D eigenvalue weighted by Gasteiger charge is 2.16. The largest absolute Gasteiger partial charge is 0.315 e. The molecule has 1 unspecified atom stereocenters. The molecule has 0 aromatic rings. The highest BCUT2D eigenvalue weighted by Crippen LogP contribution is 2.22. The van der Waals surface area contributed by atoms with Crippen molar-refractivity contribution in [2.24, 2.45) is 0 Å². The predicted octanol–water partition coefficient (Wildman–Crippen LogP) is 1.96. The highest BCUT2D eigenvalue weighted by atomic mass is 32.8. The second-order valence-electron chi connectivity index (χ2n) is 2.69. The lowest BCUT2D eigenvalue weighted by Gasteiger charge is -2.21. The van der Waals surface area contributed by atoms with Crippen LogP contribution in [-0.2, 0) is 25.1 Å². The number of hydrogen-bond acceptors (Lipinski definition) is 2. The van der Waals surface area contributed by atoms with Gasteiger partial charge in [-0.2, -0.15) is 0 Å². The summed E-state index contributed by atoms with van der Waals surface area (Å²) in [7, 11) is 1.55. The van der Waals surface area contributed by atoms with E-state index >= 15 is 0 Å². The molecule has 0 aromatic heterocycles. The van der Waals surface area contributed by atoms with Gasteiger partial charge in [-0.3, -0.25) is 0 Å². The lowest BCUT2D eigenvalue weighted by atomic mass is 10.0. The zero-order valence-corrected chi connectivity index (χ0v) is 7.97. The van der Waals surface area contributed by atoms with Crippen LogP contribution in [0, 0.1) is 0 Å². The molecule has 1 aliphatic rings. The molecular weight excluding hydrogens is 164 g/mol. The van der Waals surface area contributed by atoms with Gasteiger partial charge in [-0.05, 0) is 24.0 Å². The fraction of sp³-hybridized carbons (Fsp3) is 1.00. The molecule has 0 aromatic carbocycles. The van der Waals surface area contributed by atoms with Gasteiger partial charge in [0.2, 0.25) is 0 Å². The molecule has 0 amide bonds. The van der Waals surface area contributed by atoms with Crippen molar-refractivity contribution in [2.45, 2.75) is 37.4 Å². The summed E-state index contributed by atoms with van der Waals surface area (Å²) in [5, 5.41) is 0.689. The average molecular weight is 178 g/mol.